The van der Waals surface area contributed by atoms with E-state index in [1.165, 1.54) is 6.07 Å². The molecule has 1 amide bonds. The molecule has 2 aromatic rings. The molecule has 124 valence electrons. The number of fused-ring (bicyclic) bond motifs is 1. The predicted octanol–water partition coefficient (Wildman–Crippen LogP) is 2.02. The lowest BCUT2D eigenvalue weighted by molar-refractivity contribution is 0.0692. The van der Waals surface area contributed by atoms with Gasteiger partial charge in [0.05, 0.1) is 5.56 Å². The summed E-state index contributed by atoms with van der Waals surface area (Å²) in [5.74, 6) is 0.593. The summed E-state index contributed by atoms with van der Waals surface area (Å²) in [4.78, 5) is 29.2. The van der Waals surface area contributed by atoms with E-state index in [0.29, 0.717) is 17.0 Å². The number of benzene rings is 1. The molecule has 0 atom stereocenters. The maximum atomic E-state index is 12.8. The molecule has 0 aliphatic carbocycles. The summed E-state index contributed by atoms with van der Waals surface area (Å²) in [7, 11) is 1.96. The van der Waals surface area contributed by atoms with Crippen LogP contribution in [0.2, 0.25) is 0 Å². The lowest BCUT2D eigenvalue weighted by Gasteiger charge is -2.32. The first-order valence-electron chi connectivity index (χ1n) is 7.75. The Kier molecular flexibility index (Phi) is 5.80. The highest BCUT2D eigenvalue weighted by Gasteiger charge is 2.24. The first-order chi connectivity index (χ1) is 10.7. The molecule has 1 aliphatic rings. The molecule has 0 spiro atoms. The number of amides is 1. The van der Waals surface area contributed by atoms with Crippen molar-refractivity contribution >= 4 is 29.2 Å². The number of carbonyl (C=O) groups excluding carboxylic acids is 1. The van der Waals surface area contributed by atoms with Crippen molar-refractivity contribution in [3.63, 3.8) is 0 Å². The van der Waals surface area contributed by atoms with E-state index in [2.05, 4.69) is 10.3 Å². The third-order valence-electron chi connectivity index (χ3n) is 4.38. The number of para-hydroxylation sites is 1. The van der Waals surface area contributed by atoms with E-state index >= 15 is 0 Å². The second-order valence-corrected chi connectivity index (χ2v) is 5.89. The van der Waals surface area contributed by atoms with E-state index in [1.54, 1.807) is 0 Å². The van der Waals surface area contributed by atoms with Crippen molar-refractivity contribution in [3.05, 3.63) is 46.2 Å². The van der Waals surface area contributed by atoms with Crippen LogP contribution >= 0.6 is 12.4 Å². The molecule has 1 aliphatic heterocycles. The molecule has 2 N–H and O–H groups in total. The van der Waals surface area contributed by atoms with Gasteiger partial charge >= 0.3 is 0 Å². The number of nitrogens with zero attached hydrogens (tertiary/aromatic N) is 1. The Morgan fingerprint density at radius 2 is 2.00 bits per heavy atom. The molecule has 0 bridgehead atoms. The van der Waals surface area contributed by atoms with Crippen molar-refractivity contribution in [1.29, 1.82) is 0 Å². The van der Waals surface area contributed by atoms with Crippen molar-refractivity contribution in [1.82, 2.24) is 15.2 Å². The Hall–Kier alpha value is -1.85. The second kappa shape index (κ2) is 7.62. The third kappa shape index (κ3) is 3.74. The zero-order valence-corrected chi connectivity index (χ0v) is 14.0. The van der Waals surface area contributed by atoms with Gasteiger partial charge in [-0.25, -0.2) is 0 Å². The normalized spacial score (nSPS) is 15.4. The number of halogens is 1. The van der Waals surface area contributed by atoms with Gasteiger partial charge in [0, 0.05) is 30.1 Å². The smallest absolute Gasteiger partial charge is 0.254 e. The van der Waals surface area contributed by atoms with Crippen LogP contribution in [0.1, 0.15) is 23.2 Å². The summed E-state index contributed by atoms with van der Waals surface area (Å²) >= 11 is 0. The van der Waals surface area contributed by atoms with Crippen LogP contribution < -0.4 is 10.9 Å². The molecule has 0 saturated carbocycles. The fraction of sp³-hybridized carbons (Fsp3) is 0.412. The van der Waals surface area contributed by atoms with Gasteiger partial charge in [-0.15, -0.1) is 12.4 Å². The summed E-state index contributed by atoms with van der Waals surface area (Å²) in [5, 5.41) is 4.01. The largest absolute Gasteiger partial charge is 0.339 e. The van der Waals surface area contributed by atoms with Gasteiger partial charge in [0.15, 0.2) is 0 Å². The van der Waals surface area contributed by atoms with Gasteiger partial charge in [0.2, 0.25) is 5.56 Å². The number of rotatable bonds is 3. The Morgan fingerprint density at radius 3 is 2.70 bits per heavy atom. The molecule has 1 aromatic heterocycles. The molecule has 6 heteroatoms. The van der Waals surface area contributed by atoms with Gasteiger partial charge in [0.1, 0.15) is 0 Å². The highest BCUT2D eigenvalue weighted by molar-refractivity contribution is 6.05. The first kappa shape index (κ1) is 17.5. The number of pyridine rings is 1. The number of likely N-dealkylation sites (tertiary alicyclic amines) is 1. The molecule has 1 aromatic carbocycles. The van der Waals surface area contributed by atoms with Crippen LogP contribution in [0, 0.1) is 5.92 Å². The fourth-order valence-electron chi connectivity index (χ4n) is 3.18. The monoisotopic (exact) mass is 335 g/mol. The van der Waals surface area contributed by atoms with E-state index in [0.717, 1.165) is 37.9 Å². The summed E-state index contributed by atoms with van der Waals surface area (Å²) in [6.07, 6.45) is 2.02. The fourth-order valence-corrected chi connectivity index (χ4v) is 3.18. The summed E-state index contributed by atoms with van der Waals surface area (Å²) in [5.41, 5.74) is 0.988. The predicted molar refractivity (Wildman–Crippen MR) is 94.4 cm³/mol. The first-order valence-corrected chi connectivity index (χ1v) is 7.75. The standard InChI is InChI=1S/C17H21N3O2.ClH/c1-18-11-12-6-8-20(9-7-12)17(22)14-10-16(21)19-15-5-3-2-4-13(14)15;/h2-5,10,12,18H,6-9,11H2,1H3,(H,19,21);1H. The molecule has 2 heterocycles. The van der Waals surface area contributed by atoms with Gasteiger partial charge in [-0.3, -0.25) is 9.59 Å². The van der Waals surface area contributed by atoms with Crippen molar-refractivity contribution in [2.75, 3.05) is 26.7 Å². The Morgan fingerprint density at radius 1 is 1.30 bits per heavy atom. The molecule has 5 nitrogen and oxygen atoms in total. The molecule has 1 fully saturated rings. The van der Waals surface area contributed by atoms with Crippen LogP contribution in [0.3, 0.4) is 0 Å². The zero-order chi connectivity index (χ0) is 15.5. The van der Waals surface area contributed by atoms with Crippen LogP contribution in [0.25, 0.3) is 10.9 Å². The third-order valence-corrected chi connectivity index (χ3v) is 4.38. The molecule has 0 radical (unpaired) electrons. The van der Waals surface area contributed by atoms with Crippen LogP contribution in [0.4, 0.5) is 0 Å². The minimum absolute atomic E-state index is 0. The van der Waals surface area contributed by atoms with Gasteiger partial charge in [-0.1, -0.05) is 18.2 Å². The van der Waals surface area contributed by atoms with Gasteiger partial charge in [-0.05, 0) is 38.4 Å². The number of H-pyrrole nitrogens is 1. The molecule has 3 rings (SSSR count). The molecular weight excluding hydrogens is 314 g/mol. The van der Waals surface area contributed by atoms with E-state index < -0.39 is 0 Å². The minimum Gasteiger partial charge on any atom is -0.339 e. The van der Waals surface area contributed by atoms with Crippen LogP contribution in [0.15, 0.2) is 35.1 Å². The number of piperidine rings is 1. The number of aromatic amines is 1. The Balaban J connectivity index is 0.00000192. The lowest BCUT2D eigenvalue weighted by atomic mass is 9.96. The van der Waals surface area contributed by atoms with Crippen LogP contribution in [-0.2, 0) is 0 Å². The highest BCUT2D eigenvalue weighted by atomic mass is 35.5. The topological polar surface area (TPSA) is 65.2 Å². The molecule has 1 saturated heterocycles. The van der Waals surface area contributed by atoms with Gasteiger partial charge < -0.3 is 15.2 Å². The van der Waals surface area contributed by atoms with Crippen LogP contribution in [0.5, 0.6) is 0 Å². The van der Waals surface area contributed by atoms with Gasteiger partial charge in [-0.2, -0.15) is 0 Å². The van der Waals surface area contributed by atoms with Crippen molar-refractivity contribution < 1.29 is 4.79 Å². The molecule has 0 unspecified atom stereocenters. The van der Waals surface area contributed by atoms with Crippen molar-refractivity contribution in [2.45, 2.75) is 12.8 Å². The average molecular weight is 336 g/mol. The minimum atomic E-state index is -0.230. The van der Waals surface area contributed by atoms with E-state index in [1.807, 2.05) is 36.2 Å². The molecular formula is C17H22ClN3O2. The van der Waals surface area contributed by atoms with E-state index in [-0.39, 0.29) is 23.9 Å². The van der Waals surface area contributed by atoms with Crippen LogP contribution in [-0.4, -0.2) is 42.5 Å². The summed E-state index contributed by atoms with van der Waals surface area (Å²) < 4.78 is 0. The maximum absolute atomic E-state index is 12.8. The lowest BCUT2D eigenvalue weighted by Crippen LogP contribution is -2.40. The number of carbonyl (C=O) groups is 1. The quantitative estimate of drug-likeness (QED) is 0.902. The number of hydrogen-bond donors (Lipinski definition) is 2. The van der Waals surface area contributed by atoms with Crippen molar-refractivity contribution in [2.24, 2.45) is 5.92 Å². The number of nitrogens with one attached hydrogen (secondary N) is 2. The van der Waals surface area contributed by atoms with Gasteiger partial charge in [0.25, 0.3) is 5.91 Å². The van der Waals surface area contributed by atoms with Crippen molar-refractivity contribution in [3.8, 4) is 0 Å². The highest BCUT2D eigenvalue weighted by Crippen LogP contribution is 2.21. The maximum Gasteiger partial charge on any atom is 0.254 e. The SMILES string of the molecule is CNCC1CCN(C(=O)c2cc(=O)[nH]c3ccccc23)CC1.Cl. The molecule has 23 heavy (non-hydrogen) atoms. The number of hydrogen-bond acceptors (Lipinski definition) is 3. The second-order valence-electron chi connectivity index (χ2n) is 5.89. The Bertz CT molecular complexity index is 736. The summed E-state index contributed by atoms with van der Waals surface area (Å²) in [6.45, 7) is 2.51. The number of aromatic nitrogens is 1. The zero-order valence-electron chi connectivity index (χ0n) is 13.2. The van der Waals surface area contributed by atoms with E-state index in [9.17, 15) is 9.59 Å². The Labute approximate surface area is 141 Å². The average Bonchev–Trinajstić information content (AvgIpc) is 2.54. The van der Waals surface area contributed by atoms with E-state index in [4.69, 9.17) is 0 Å². The summed E-state index contributed by atoms with van der Waals surface area (Å²) in [6, 6.07) is 8.87.